The Morgan fingerprint density at radius 2 is 1.67 bits per heavy atom. The van der Waals surface area contributed by atoms with E-state index in [1.807, 2.05) is 49.4 Å². The summed E-state index contributed by atoms with van der Waals surface area (Å²) in [5.41, 5.74) is 1.67. The van der Waals surface area contributed by atoms with Gasteiger partial charge in [-0.3, -0.25) is 4.79 Å². The van der Waals surface area contributed by atoms with E-state index in [-0.39, 0.29) is 24.0 Å². The number of piperidine rings is 1. The Morgan fingerprint density at radius 1 is 1.04 bits per heavy atom. The topological polar surface area (TPSA) is 61.4 Å². The van der Waals surface area contributed by atoms with Crippen LogP contribution in [0.2, 0.25) is 5.02 Å². The monoisotopic (exact) mass is 385 g/mol. The minimum Gasteiger partial charge on any atom is -0.349 e. The molecular formula is C21H24ClN3O2. The van der Waals surface area contributed by atoms with Crippen LogP contribution in [0.1, 0.15) is 41.7 Å². The maximum absolute atomic E-state index is 12.5. The molecule has 27 heavy (non-hydrogen) atoms. The Labute approximate surface area is 164 Å². The predicted octanol–water partition coefficient (Wildman–Crippen LogP) is 4.01. The van der Waals surface area contributed by atoms with Crippen molar-refractivity contribution in [3.05, 3.63) is 70.7 Å². The van der Waals surface area contributed by atoms with Crippen molar-refractivity contribution in [2.45, 2.75) is 31.8 Å². The summed E-state index contributed by atoms with van der Waals surface area (Å²) in [5, 5.41) is 6.76. The van der Waals surface area contributed by atoms with Crippen molar-refractivity contribution in [2.75, 3.05) is 13.1 Å². The molecule has 1 atom stereocenters. The molecule has 0 aromatic heterocycles. The molecule has 0 unspecified atom stereocenters. The standard InChI is InChI=1S/C21H24ClN3O2/c1-15(16-7-9-18(22)10-8-16)23-21(27)25-13-11-19(12-14-25)24-20(26)17-5-3-2-4-6-17/h2-10,15,19H,11-14H2,1H3,(H,23,27)(H,24,26)/t15-/m1/s1. The molecule has 1 aliphatic rings. The van der Waals surface area contributed by atoms with Crippen LogP contribution in [0.15, 0.2) is 54.6 Å². The van der Waals surface area contributed by atoms with E-state index in [2.05, 4.69) is 10.6 Å². The zero-order chi connectivity index (χ0) is 19.2. The Kier molecular flexibility index (Phi) is 6.35. The highest BCUT2D eigenvalue weighted by Crippen LogP contribution is 2.17. The number of benzene rings is 2. The van der Waals surface area contributed by atoms with Crippen LogP contribution in [0.25, 0.3) is 0 Å². The van der Waals surface area contributed by atoms with Crippen molar-refractivity contribution in [1.82, 2.24) is 15.5 Å². The second kappa shape index (κ2) is 8.91. The van der Waals surface area contributed by atoms with Gasteiger partial charge in [0.1, 0.15) is 0 Å². The SMILES string of the molecule is C[C@@H](NC(=O)N1CCC(NC(=O)c2ccccc2)CC1)c1ccc(Cl)cc1. The number of carbonyl (C=O) groups excluding carboxylic acids is 2. The largest absolute Gasteiger partial charge is 0.349 e. The zero-order valence-electron chi connectivity index (χ0n) is 15.3. The number of hydrogen-bond acceptors (Lipinski definition) is 2. The smallest absolute Gasteiger partial charge is 0.317 e. The highest BCUT2D eigenvalue weighted by Gasteiger charge is 2.25. The third-order valence-electron chi connectivity index (χ3n) is 4.86. The molecule has 1 fully saturated rings. The second-order valence-electron chi connectivity index (χ2n) is 6.82. The molecule has 1 aliphatic heterocycles. The molecule has 2 N–H and O–H groups in total. The molecule has 0 bridgehead atoms. The van der Waals surface area contributed by atoms with Gasteiger partial charge in [0.15, 0.2) is 0 Å². The molecule has 142 valence electrons. The number of rotatable bonds is 4. The third kappa shape index (κ3) is 5.23. The van der Waals surface area contributed by atoms with E-state index >= 15 is 0 Å². The van der Waals surface area contributed by atoms with Gasteiger partial charge in [-0.15, -0.1) is 0 Å². The van der Waals surface area contributed by atoms with E-state index in [1.54, 1.807) is 17.0 Å². The van der Waals surface area contributed by atoms with Crippen LogP contribution in [-0.4, -0.2) is 36.0 Å². The van der Waals surface area contributed by atoms with Gasteiger partial charge in [-0.2, -0.15) is 0 Å². The van der Waals surface area contributed by atoms with Crippen molar-refractivity contribution in [3.63, 3.8) is 0 Å². The summed E-state index contributed by atoms with van der Waals surface area (Å²) in [4.78, 5) is 26.5. The lowest BCUT2D eigenvalue weighted by Gasteiger charge is -2.33. The molecule has 1 heterocycles. The number of hydrogen-bond donors (Lipinski definition) is 2. The molecule has 5 nitrogen and oxygen atoms in total. The van der Waals surface area contributed by atoms with Crippen LogP contribution >= 0.6 is 11.6 Å². The molecule has 1 saturated heterocycles. The lowest BCUT2D eigenvalue weighted by molar-refractivity contribution is 0.0917. The van der Waals surface area contributed by atoms with E-state index in [9.17, 15) is 9.59 Å². The summed E-state index contributed by atoms with van der Waals surface area (Å²) in [5.74, 6) is -0.0603. The van der Waals surface area contributed by atoms with Crippen molar-refractivity contribution in [1.29, 1.82) is 0 Å². The maximum atomic E-state index is 12.5. The number of carbonyl (C=O) groups is 2. The fourth-order valence-electron chi connectivity index (χ4n) is 3.20. The van der Waals surface area contributed by atoms with Crippen LogP contribution < -0.4 is 10.6 Å². The van der Waals surface area contributed by atoms with Crippen molar-refractivity contribution >= 4 is 23.5 Å². The molecule has 0 radical (unpaired) electrons. The van der Waals surface area contributed by atoms with Gasteiger partial charge in [-0.25, -0.2) is 4.79 Å². The number of likely N-dealkylation sites (tertiary alicyclic amines) is 1. The third-order valence-corrected chi connectivity index (χ3v) is 5.12. The number of amides is 3. The van der Waals surface area contributed by atoms with Gasteiger partial charge in [0, 0.05) is 29.7 Å². The van der Waals surface area contributed by atoms with Gasteiger partial charge in [0.05, 0.1) is 6.04 Å². The summed E-state index contributed by atoms with van der Waals surface area (Å²) in [6.45, 7) is 3.20. The quantitative estimate of drug-likeness (QED) is 0.835. The van der Waals surface area contributed by atoms with Crippen molar-refractivity contribution in [3.8, 4) is 0 Å². The Bertz CT molecular complexity index is 772. The Morgan fingerprint density at radius 3 is 2.30 bits per heavy atom. The van der Waals surface area contributed by atoms with Crippen molar-refractivity contribution in [2.24, 2.45) is 0 Å². The van der Waals surface area contributed by atoms with Crippen molar-refractivity contribution < 1.29 is 9.59 Å². The number of nitrogens with one attached hydrogen (secondary N) is 2. The number of urea groups is 1. The van der Waals surface area contributed by atoms with E-state index in [1.165, 1.54) is 0 Å². The number of halogens is 1. The van der Waals surface area contributed by atoms with E-state index in [0.29, 0.717) is 23.7 Å². The van der Waals surface area contributed by atoms with E-state index in [0.717, 1.165) is 18.4 Å². The Balaban J connectivity index is 1.46. The summed E-state index contributed by atoms with van der Waals surface area (Å²) < 4.78 is 0. The minimum atomic E-state index is -0.0923. The highest BCUT2D eigenvalue weighted by molar-refractivity contribution is 6.30. The average Bonchev–Trinajstić information content (AvgIpc) is 2.69. The van der Waals surface area contributed by atoms with Gasteiger partial charge in [-0.1, -0.05) is 41.9 Å². The van der Waals surface area contributed by atoms with Gasteiger partial charge in [0.2, 0.25) is 0 Å². The maximum Gasteiger partial charge on any atom is 0.317 e. The predicted molar refractivity (Wildman–Crippen MR) is 107 cm³/mol. The molecule has 6 heteroatoms. The summed E-state index contributed by atoms with van der Waals surface area (Å²) >= 11 is 5.91. The molecule has 3 amide bonds. The molecule has 0 aliphatic carbocycles. The second-order valence-corrected chi connectivity index (χ2v) is 7.26. The van der Waals surface area contributed by atoms with Crippen LogP contribution in [0.3, 0.4) is 0 Å². The lowest BCUT2D eigenvalue weighted by atomic mass is 10.0. The molecule has 0 saturated carbocycles. The average molecular weight is 386 g/mol. The minimum absolute atomic E-state index is 0.0603. The molecule has 0 spiro atoms. The van der Waals surface area contributed by atoms with E-state index < -0.39 is 0 Å². The van der Waals surface area contributed by atoms with Gasteiger partial charge < -0.3 is 15.5 Å². The van der Waals surface area contributed by atoms with Gasteiger partial charge >= 0.3 is 6.03 Å². The summed E-state index contributed by atoms with van der Waals surface area (Å²) in [6.07, 6.45) is 1.50. The van der Waals surface area contributed by atoms with Crippen LogP contribution in [-0.2, 0) is 0 Å². The lowest BCUT2D eigenvalue weighted by Crippen LogP contribution is -2.49. The fourth-order valence-corrected chi connectivity index (χ4v) is 3.32. The fraction of sp³-hybridized carbons (Fsp3) is 0.333. The van der Waals surface area contributed by atoms with Crippen LogP contribution in [0, 0.1) is 0 Å². The molecule has 3 rings (SSSR count). The van der Waals surface area contributed by atoms with Crippen LogP contribution in [0.4, 0.5) is 4.79 Å². The highest BCUT2D eigenvalue weighted by atomic mass is 35.5. The Hall–Kier alpha value is -2.53. The first-order valence-corrected chi connectivity index (χ1v) is 9.57. The normalized spacial score (nSPS) is 15.9. The van der Waals surface area contributed by atoms with E-state index in [4.69, 9.17) is 11.6 Å². The van der Waals surface area contributed by atoms with Crippen LogP contribution in [0.5, 0.6) is 0 Å². The molecule has 2 aromatic carbocycles. The first-order chi connectivity index (χ1) is 13.0. The number of nitrogens with zero attached hydrogens (tertiary/aromatic N) is 1. The summed E-state index contributed by atoms with van der Waals surface area (Å²) in [6, 6.07) is 16.6. The summed E-state index contributed by atoms with van der Waals surface area (Å²) in [7, 11) is 0. The van der Waals surface area contributed by atoms with Gasteiger partial charge in [0.25, 0.3) is 5.91 Å². The van der Waals surface area contributed by atoms with Gasteiger partial charge in [-0.05, 0) is 49.6 Å². The first kappa shape index (κ1) is 19.2. The molecule has 2 aromatic rings. The first-order valence-electron chi connectivity index (χ1n) is 9.20. The molecular weight excluding hydrogens is 362 g/mol. The zero-order valence-corrected chi connectivity index (χ0v) is 16.1.